The minimum Gasteiger partial charge on any atom is -0.313 e. The van der Waals surface area contributed by atoms with Gasteiger partial charge in [-0.25, -0.2) is 0 Å². The molecule has 0 aromatic carbocycles. The molecule has 14 heavy (non-hydrogen) atoms. The zero-order chi connectivity index (χ0) is 10.4. The van der Waals surface area contributed by atoms with E-state index in [9.17, 15) is 0 Å². The van der Waals surface area contributed by atoms with Gasteiger partial charge in [-0.1, -0.05) is 0 Å². The van der Waals surface area contributed by atoms with Crippen molar-refractivity contribution in [2.45, 2.75) is 25.9 Å². The van der Waals surface area contributed by atoms with E-state index in [-0.39, 0.29) is 0 Å². The van der Waals surface area contributed by atoms with Crippen molar-refractivity contribution < 1.29 is 0 Å². The number of hydrogen-bond donors (Lipinski definition) is 1. The Kier molecular flexibility index (Phi) is 5.04. The number of rotatable bonds is 6. The summed E-state index contributed by atoms with van der Waals surface area (Å²) in [5.74, 6) is 1.18. The van der Waals surface area contributed by atoms with Crippen molar-refractivity contribution in [1.82, 2.24) is 15.1 Å². The highest BCUT2D eigenvalue weighted by molar-refractivity contribution is 7.98. The van der Waals surface area contributed by atoms with E-state index >= 15 is 0 Å². The zero-order valence-corrected chi connectivity index (χ0v) is 9.97. The molecule has 1 atom stereocenters. The molecule has 3 nitrogen and oxygen atoms in total. The minimum atomic E-state index is 0.447. The summed E-state index contributed by atoms with van der Waals surface area (Å²) in [4.78, 5) is 0. The maximum Gasteiger partial charge on any atom is 0.0537 e. The Morgan fingerprint density at radius 1 is 1.64 bits per heavy atom. The van der Waals surface area contributed by atoms with E-state index in [0.29, 0.717) is 6.04 Å². The molecule has 1 aromatic rings. The fourth-order valence-electron chi connectivity index (χ4n) is 1.45. The number of aryl methyl sites for hydroxylation is 1. The molecule has 1 aromatic heterocycles. The molecule has 4 heteroatoms. The molecule has 0 aliphatic heterocycles. The van der Waals surface area contributed by atoms with Crippen LogP contribution in [0.15, 0.2) is 12.4 Å². The highest BCUT2D eigenvalue weighted by Gasteiger charge is 2.10. The first kappa shape index (κ1) is 11.6. The van der Waals surface area contributed by atoms with Gasteiger partial charge in [-0.3, -0.25) is 4.68 Å². The second kappa shape index (κ2) is 6.09. The molecule has 0 amide bonds. The molecule has 80 valence electrons. The van der Waals surface area contributed by atoms with E-state index < -0.39 is 0 Å². The lowest BCUT2D eigenvalue weighted by Crippen LogP contribution is -2.16. The summed E-state index contributed by atoms with van der Waals surface area (Å²) in [5.41, 5.74) is 1.29. The minimum absolute atomic E-state index is 0.447. The smallest absolute Gasteiger partial charge is 0.0537 e. The number of thioether (sulfide) groups is 1. The van der Waals surface area contributed by atoms with Crippen molar-refractivity contribution in [3.8, 4) is 0 Å². The predicted octanol–water partition coefficient (Wildman–Crippen LogP) is 1.92. The summed E-state index contributed by atoms with van der Waals surface area (Å²) in [7, 11) is 2.01. The Morgan fingerprint density at radius 3 is 2.93 bits per heavy atom. The monoisotopic (exact) mass is 213 g/mol. The third kappa shape index (κ3) is 3.03. The van der Waals surface area contributed by atoms with Crippen LogP contribution in [0.4, 0.5) is 0 Å². The Bertz CT molecular complexity index is 260. The van der Waals surface area contributed by atoms with Gasteiger partial charge < -0.3 is 5.32 Å². The standard InChI is InChI=1S/C10H19N3S/c1-4-13-8-9(7-12-13)10(11-2)5-6-14-3/h7-8,10-11H,4-6H2,1-3H3. The van der Waals surface area contributed by atoms with Crippen LogP contribution in [0.25, 0.3) is 0 Å². The average Bonchev–Trinajstić information content (AvgIpc) is 2.68. The predicted molar refractivity (Wildman–Crippen MR) is 62.7 cm³/mol. The van der Waals surface area contributed by atoms with Gasteiger partial charge >= 0.3 is 0 Å². The third-order valence-electron chi connectivity index (χ3n) is 2.34. The van der Waals surface area contributed by atoms with E-state index in [2.05, 4.69) is 29.8 Å². The van der Waals surface area contributed by atoms with Crippen LogP contribution in [0.3, 0.4) is 0 Å². The molecule has 1 unspecified atom stereocenters. The first-order valence-corrected chi connectivity index (χ1v) is 6.39. The Hall–Kier alpha value is -0.480. The summed E-state index contributed by atoms with van der Waals surface area (Å²) in [5, 5.41) is 7.61. The fraction of sp³-hybridized carbons (Fsp3) is 0.700. The lowest BCUT2D eigenvalue weighted by Gasteiger charge is -2.12. The largest absolute Gasteiger partial charge is 0.313 e. The van der Waals surface area contributed by atoms with E-state index in [1.54, 1.807) is 0 Å². The van der Waals surface area contributed by atoms with Gasteiger partial charge in [-0.05, 0) is 32.4 Å². The second-order valence-corrected chi connectivity index (χ2v) is 4.24. The van der Waals surface area contributed by atoms with E-state index in [1.807, 2.05) is 29.7 Å². The normalized spacial score (nSPS) is 13.1. The van der Waals surface area contributed by atoms with Crippen LogP contribution < -0.4 is 5.32 Å². The molecule has 1 rings (SSSR count). The third-order valence-corrected chi connectivity index (χ3v) is 2.98. The summed E-state index contributed by atoms with van der Waals surface area (Å²) in [6, 6.07) is 0.447. The molecule has 1 heterocycles. The zero-order valence-electron chi connectivity index (χ0n) is 9.16. The van der Waals surface area contributed by atoms with Crippen molar-refractivity contribution in [2.24, 2.45) is 0 Å². The van der Waals surface area contributed by atoms with Gasteiger partial charge in [-0.2, -0.15) is 16.9 Å². The summed E-state index contributed by atoms with van der Waals surface area (Å²) >= 11 is 1.89. The van der Waals surface area contributed by atoms with Crippen molar-refractivity contribution in [1.29, 1.82) is 0 Å². The van der Waals surface area contributed by atoms with Crippen LogP contribution in [0, 0.1) is 0 Å². The molecule has 0 bridgehead atoms. The average molecular weight is 213 g/mol. The lowest BCUT2D eigenvalue weighted by atomic mass is 10.1. The molecular weight excluding hydrogens is 194 g/mol. The summed E-state index contributed by atoms with van der Waals surface area (Å²) in [6.45, 7) is 3.05. The van der Waals surface area contributed by atoms with Crippen molar-refractivity contribution in [2.75, 3.05) is 19.1 Å². The van der Waals surface area contributed by atoms with Gasteiger partial charge in [0.05, 0.1) is 6.20 Å². The van der Waals surface area contributed by atoms with Gasteiger partial charge in [-0.15, -0.1) is 0 Å². The second-order valence-electron chi connectivity index (χ2n) is 3.25. The van der Waals surface area contributed by atoms with Crippen LogP contribution in [0.1, 0.15) is 24.9 Å². The topological polar surface area (TPSA) is 29.9 Å². The molecule has 0 saturated heterocycles. The molecule has 0 radical (unpaired) electrons. The van der Waals surface area contributed by atoms with Crippen molar-refractivity contribution in [3.63, 3.8) is 0 Å². The van der Waals surface area contributed by atoms with Crippen LogP contribution in [0.2, 0.25) is 0 Å². The van der Waals surface area contributed by atoms with E-state index in [4.69, 9.17) is 0 Å². The molecule has 0 aliphatic carbocycles. The maximum absolute atomic E-state index is 4.28. The summed E-state index contributed by atoms with van der Waals surface area (Å²) in [6.07, 6.45) is 7.39. The number of nitrogens with one attached hydrogen (secondary N) is 1. The molecule has 0 spiro atoms. The molecule has 0 fully saturated rings. The van der Waals surface area contributed by atoms with Crippen molar-refractivity contribution >= 4 is 11.8 Å². The van der Waals surface area contributed by atoms with Gasteiger partial charge in [0.1, 0.15) is 0 Å². The first-order valence-electron chi connectivity index (χ1n) is 5.00. The molecular formula is C10H19N3S. The molecule has 0 saturated carbocycles. The van der Waals surface area contributed by atoms with Crippen molar-refractivity contribution in [3.05, 3.63) is 18.0 Å². The quantitative estimate of drug-likeness (QED) is 0.783. The van der Waals surface area contributed by atoms with E-state index in [1.165, 1.54) is 11.3 Å². The van der Waals surface area contributed by atoms with Gasteiger partial charge in [0.25, 0.3) is 0 Å². The van der Waals surface area contributed by atoms with Crippen LogP contribution >= 0.6 is 11.8 Å². The number of aromatic nitrogens is 2. The van der Waals surface area contributed by atoms with E-state index in [0.717, 1.165) is 13.0 Å². The van der Waals surface area contributed by atoms with Crippen LogP contribution in [-0.4, -0.2) is 28.8 Å². The number of hydrogen-bond acceptors (Lipinski definition) is 3. The SMILES string of the molecule is CCn1cc(C(CCSC)NC)cn1. The highest BCUT2D eigenvalue weighted by Crippen LogP contribution is 2.17. The lowest BCUT2D eigenvalue weighted by molar-refractivity contribution is 0.579. The molecule has 1 N–H and O–H groups in total. The first-order chi connectivity index (χ1) is 6.81. The van der Waals surface area contributed by atoms with Crippen LogP contribution in [0.5, 0.6) is 0 Å². The fourth-order valence-corrected chi connectivity index (χ4v) is 1.92. The Morgan fingerprint density at radius 2 is 2.43 bits per heavy atom. The van der Waals surface area contributed by atoms with Gasteiger partial charge in [0.2, 0.25) is 0 Å². The highest BCUT2D eigenvalue weighted by atomic mass is 32.2. The summed E-state index contributed by atoms with van der Waals surface area (Å²) < 4.78 is 1.97. The number of nitrogens with zero attached hydrogens (tertiary/aromatic N) is 2. The maximum atomic E-state index is 4.28. The van der Waals surface area contributed by atoms with Gasteiger partial charge in [0.15, 0.2) is 0 Å². The Balaban J connectivity index is 2.58. The van der Waals surface area contributed by atoms with Gasteiger partial charge in [0, 0.05) is 24.3 Å². The van der Waals surface area contributed by atoms with Crippen LogP contribution in [-0.2, 0) is 6.54 Å². The Labute approximate surface area is 90.3 Å². The molecule has 0 aliphatic rings.